The second kappa shape index (κ2) is 13.7. The smallest absolute Gasteiger partial charge is 0.214 e. The SMILES string of the molecule is C=C(/C=C/c1ccc(/C(=C(\c2ccccc2SC)C2CC2)c2ccc(NPI)c(C(=N)F)c2)cc1)CCC. The van der Waals surface area contributed by atoms with Crippen LogP contribution in [-0.4, -0.2) is 12.2 Å². The van der Waals surface area contributed by atoms with Gasteiger partial charge in [-0.15, -0.1) is 11.8 Å². The summed E-state index contributed by atoms with van der Waals surface area (Å²) in [5.41, 5.74) is 8.89. The van der Waals surface area contributed by atoms with Crippen LogP contribution in [0.1, 0.15) is 60.4 Å². The first-order valence-electron chi connectivity index (χ1n) is 12.8. The molecule has 1 fully saturated rings. The van der Waals surface area contributed by atoms with Crippen molar-refractivity contribution in [1.82, 2.24) is 0 Å². The fraction of sp³-hybridized carbons (Fsp3) is 0.219. The molecule has 0 heterocycles. The highest BCUT2D eigenvalue weighted by Gasteiger charge is 2.32. The third kappa shape index (κ3) is 7.05. The molecule has 1 atom stereocenters. The summed E-state index contributed by atoms with van der Waals surface area (Å²) < 4.78 is 14.4. The molecule has 0 spiro atoms. The van der Waals surface area contributed by atoms with Crippen molar-refractivity contribution in [2.24, 2.45) is 5.92 Å². The van der Waals surface area contributed by atoms with Crippen LogP contribution in [0.15, 0.2) is 89.9 Å². The molecule has 1 saturated carbocycles. The number of rotatable bonds is 12. The Balaban J connectivity index is 1.91. The van der Waals surface area contributed by atoms with Crippen LogP contribution in [0.5, 0.6) is 0 Å². The average Bonchev–Trinajstić information content (AvgIpc) is 3.77. The third-order valence-electron chi connectivity index (χ3n) is 6.66. The predicted molar refractivity (Wildman–Crippen MR) is 177 cm³/mol. The van der Waals surface area contributed by atoms with Crippen molar-refractivity contribution in [3.63, 3.8) is 0 Å². The van der Waals surface area contributed by atoms with Gasteiger partial charge < -0.3 is 5.09 Å². The Hall–Kier alpha value is -2.21. The number of nitrogens with one attached hydrogen (secondary N) is 2. The van der Waals surface area contributed by atoms with Crippen molar-refractivity contribution in [2.45, 2.75) is 37.5 Å². The molecule has 2 nitrogen and oxygen atoms in total. The van der Waals surface area contributed by atoms with Gasteiger partial charge in [0.25, 0.3) is 0 Å². The van der Waals surface area contributed by atoms with Gasteiger partial charge in [-0.25, -0.2) is 0 Å². The van der Waals surface area contributed by atoms with Crippen LogP contribution in [0.2, 0.25) is 0 Å². The van der Waals surface area contributed by atoms with Gasteiger partial charge in [0.15, 0.2) is 0 Å². The first kappa shape index (κ1) is 28.8. The number of hydrogen-bond acceptors (Lipinski definition) is 3. The van der Waals surface area contributed by atoms with E-state index < -0.39 is 5.97 Å². The van der Waals surface area contributed by atoms with Crippen molar-refractivity contribution < 1.29 is 4.39 Å². The van der Waals surface area contributed by atoms with Crippen LogP contribution < -0.4 is 5.09 Å². The average molecular weight is 655 g/mol. The van der Waals surface area contributed by atoms with Crippen LogP contribution in [0.25, 0.3) is 17.2 Å². The highest BCUT2D eigenvalue weighted by Crippen LogP contribution is 2.49. The van der Waals surface area contributed by atoms with Crippen LogP contribution >= 0.6 is 40.2 Å². The first-order valence-corrected chi connectivity index (χ1v) is 18.1. The van der Waals surface area contributed by atoms with Gasteiger partial charge >= 0.3 is 0 Å². The lowest BCUT2D eigenvalue weighted by Gasteiger charge is -2.20. The molecule has 6 heteroatoms. The topological polar surface area (TPSA) is 35.9 Å². The van der Waals surface area contributed by atoms with Gasteiger partial charge in [0, 0.05) is 17.0 Å². The summed E-state index contributed by atoms with van der Waals surface area (Å²) in [6.07, 6.45) is 11.1. The third-order valence-corrected chi connectivity index (χ3v) is 8.63. The van der Waals surface area contributed by atoms with E-state index in [2.05, 4.69) is 114 Å². The van der Waals surface area contributed by atoms with Crippen molar-refractivity contribution >= 4 is 69.1 Å². The zero-order chi connectivity index (χ0) is 27.1. The lowest BCUT2D eigenvalue weighted by Crippen LogP contribution is -2.02. The van der Waals surface area contributed by atoms with E-state index in [0.29, 0.717) is 23.5 Å². The summed E-state index contributed by atoms with van der Waals surface area (Å²) >= 11 is 3.98. The maximum absolute atomic E-state index is 14.4. The molecule has 2 N–H and O–H groups in total. The van der Waals surface area contributed by atoms with Crippen LogP contribution in [0, 0.1) is 11.3 Å². The lowest BCUT2D eigenvalue weighted by atomic mass is 9.86. The Bertz CT molecular complexity index is 1380. The summed E-state index contributed by atoms with van der Waals surface area (Å²) in [6, 6.07) is 23.0. The Morgan fingerprint density at radius 2 is 1.82 bits per heavy atom. The zero-order valence-electron chi connectivity index (χ0n) is 21.8. The molecule has 0 amide bonds. The maximum atomic E-state index is 14.4. The molecule has 38 heavy (non-hydrogen) atoms. The Labute approximate surface area is 245 Å². The zero-order valence-corrected chi connectivity index (χ0v) is 25.8. The molecule has 0 radical (unpaired) electrons. The van der Waals surface area contributed by atoms with E-state index in [1.54, 1.807) is 11.8 Å². The summed E-state index contributed by atoms with van der Waals surface area (Å²) in [5.74, 6) is -0.467. The van der Waals surface area contributed by atoms with E-state index in [1.807, 2.05) is 12.1 Å². The molecule has 3 aromatic rings. The van der Waals surface area contributed by atoms with Gasteiger partial charge in [-0.1, -0.05) is 86.2 Å². The lowest BCUT2D eigenvalue weighted by molar-refractivity contribution is 0.798. The van der Waals surface area contributed by atoms with E-state index in [-0.39, 0.29) is 0 Å². The molecular weight excluding hydrogens is 621 g/mol. The van der Waals surface area contributed by atoms with Crippen LogP contribution in [0.4, 0.5) is 10.1 Å². The number of halogens is 2. The molecular formula is C32H33FIN2PS. The van der Waals surface area contributed by atoms with Gasteiger partial charge in [-0.2, -0.15) is 4.39 Å². The molecule has 0 bridgehead atoms. The predicted octanol–water partition coefficient (Wildman–Crippen LogP) is 10.8. The number of allylic oxidation sites excluding steroid dienone is 3. The van der Waals surface area contributed by atoms with E-state index in [0.717, 1.165) is 53.5 Å². The minimum Gasteiger partial charge on any atom is -0.358 e. The van der Waals surface area contributed by atoms with Gasteiger partial charge in [0.05, 0.1) is 5.56 Å². The normalized spacial score (nSPS) is 14.2. The standard InChI is InChI=1S/C32H33FIN2PS/c1-4-7-21(2)10-11-22-12-14-23(15-13-22)30(25-18-19-28(36-37-34)27(20-25)32(33)35)31(24-16-17-24)26-8-5-6-9-29(26)38-3/h5-6,8-15,18-20,24,35-37H,2,4,7,16-17H2,1,3H3/b11-10+,31-30+,35-32?. The second-order valence-electron chi connectivity index (χ2n) is 9.42. The van der Waals surface area contributed by atoms with E-state index in [9.17, 15) is 4.39 Å². The van der Waals surface area contributed by atoms with Gasteiger partial charge in [-0.05, 0) is 105 Å². The maximum Gasteiger partial charge on any atom is 0.214 e. The number of benzene rings is 3. The van der Waals surface area contributed by atoms with Crippen molar-refractivity contribution in [1.29, 1.82) is 5.41 Å². The largest absolute Gasteiger partial charge is 0.358 e. The quantitative estimate of drug-likeness (QED) is 0.0509. The molecule has 4 rings (SSSR count). The first-order chi connectivity index (χ1) is 18.5. The van der Waals surface area contributed by atoms with E-state index in [1.165, 1.54) is 16.0 Å². The molecule has 0 aromatic heterocycles. The minimum absolute atomic E-state index is 0.298. The molecule has 3 aromatic carbocycles. The van der Waals surface area contributed by atoms with Crippen molar-refractivity contribution in [3.05, 3.63) is 113 Å². The van der Waals surface area contributed by atoms with Crippen molar-refractivity contribution in [3.8, 4) is 0 Å². The van der Waals surface area contributed by atoms with Crippen LogP contribution in [0.3, 0.4) is 0 Å². The number of anilines is 1. The van der Waals surface area contributed by atoms with Gasteiger partial charge in [0.1, 0.15) is 0 Å². The van der Waals surface area contributed by atoms with E-state index >= 15 is 0 Å². The molecule has 1 unspecified atom stereocenters. The highest BCUT2D eigenvalue weighted by atomic mass is 127. The summed E-state index contributed by atoms with van der Waals surface area (Å²) in [7, 11) is 0. The fourth-order valence-corrected chi connectivity index (χ4v) is 6.50. The second-order valence-corrected chi connectivity index (χ2v) is 12.3. The number of thioether (sulfide) groups is 1. The van der Waals surface area contributed by atoms with E-state index in [4.69, 9.17) is 5.41 Å². The molecule has 196 valence electrons. The summed E-state index contributed by atoms with van der Waals surface area (Å²) in [6.45, 7) is 6.30. The Morgan fingerprint density at radius 3 is 2.45 bits per heavy atom. The molecule has 0 aliphatic heterocycles. The summed E-state index contributed by atoms with van der Waals surface area (Å²) in [4.78, 5) is 1.24. The minimum atomic E-state index is -0.923. The highest BCUT2D eigenvalue weighted by molar-refractivity contribution is 14.2. The Kier molecular flexibility index (Phi) is 10.4. The monoisotopic (exact) mass is 654 g/mol. The molecule has 1 aliphatic rings. The molecule has 0 saturated heterocycles. The summed E-state index contributed by atoms with van der Waals surface area (Å²) in [5, 5.41) is 11.0. The number of hydrogen-bond donors (Lipinski definition) is 2. The Morgan fingerprint density at radius 1 is 1.11 bits per heavy atom. The van der Waals surface area contributed by atoms with Crippen molar-refractivity contribution in [2.75, 3.05) is 11.3 Å². The van der Waals surface area contributed by atoms with Gasteiger partial charge in [-0.3, -0.25) is 5.41 Å². The van der Waals surface area contributed by atoms with Crippen LogP contribution in [-0.2, 0) is 0 Å². The fourth-order valence-electron chi connectivity index (χ4n) is 4.70. The van der Waals surface area contributed by atoms with Gasteiger partial charge in [0.2, 0.25) is 5.97 Å². The molecule has 1 aliphatic carbocycles.